The molecular formula is C14H32O2Si. The molecule has 0 radical (unpaired) electrons. The van der Waals surface area contributed by atoms with E-state index >= 15 is 0 Å². The summed E-state index contributed by atoms with van der Waals surface area (Å²) in [6.07, 6.45) is 5.45. The molecular weight excluding hydrogens is 228 g/mol. The molecule has 0 rings (SSSR count). The Morgan fingerprint density at radius 3 is 1.94 bits per heavy atom. The van der Waals surface area contributed by atoms with Gasteiger partial charge in [0.2, 0.25) is 0 Å². The first-order chi connectivity index (χ1) is 7.93. The van der Waals surface area contributed by atoms with Gasteiger partial charge in [0.05, 0.1) is 8.07 Å². The van der Waals surface area contributed by atoms with Crippen LogP contribution >= 0.6 is 0 Å². The summed E-state index contributed by atoms with van der Waals surface area (Å²) in [6, 6.07) is 2.65. The molecule has 0 fully saturated rings. The molecule has 104 valence electrons. The second-order valence-corrected chi connectivity index (χ2v) is 11.8. The van der Waals surface area contributed by atoms with Crippen LogP contribution in [0.3, 0.4) is 0 Å². The van der Waals surface area contributed by atoms with Crippen molar-refractivity contribution in [3.05, 3.63) is 0 Å². The van der Waals surface area contributed by atoms with Crippen molar-refractivity contribution < 1.29 is 10.2 Å². The fourth-order valence-electron chi connectivity index (χ4n) is 2.60. The van der Waals surface area contributed by atoms with Crippen LogP contribution in [0.15, 0.2) is 0 Å². The van der Waals surface area contributed by atoms with Crippen LogP contribution in [0.5, 0.6) is 0 Å². The van der Waals surface area contributed by atoms with E-state index in [1.807, 2.05) is 0 Å². The molecule has 0 aliphatic carbocycles. The average Bonchev–Trinajstić information content (AvgIpc) is 2.29. The summed E-state index contributed by atoms with van der Waals surface area (Å²) in [7, 11) is -1.23. The third-order valence-electron chi connectivity index (χ3n) is 4.76. The highest BCUT2D eigenvalue weighted by molar-refractivity contribution is 6.81. The number of aliphatic hydroxyl groups is 2. The monoisotopic (exact) mass is 260 g/mol. The molecule has 17 heavy (non-hydrogen) atoms. The highest BCUT2D eigenvalue weighted by Crippen LogP contribution is 2.46. The smallest absolute Gasteiger partial charge is 0.0558 e. The lowest BCUT2D eigenvalue weighted by Gasteiger charge is -2.43. The maximum absolute atomic E-state index is 8.90. The number of hydrogen-bond acceptors (Lipinski definition) is 2. The van der Waals surface area contributed by atoms with Crippen LogP contribution in [-0.2, 0) is 0 Å². The summed E-state index contributed by atoms with van der Waals surface area (Å²) in [4.78, 5) is 0. The summed E-state index contributed by atoms with van der Waals surface area (Å²) in [5.41, 5.74) is 0. The van der Waals surface area contributed by atoms with E-state index in [2.05, 4.69) is 27.3 Å². The van der Waals surface area contributed by atoms with Crippen molar-refractivity contribution in [2.45, 2.75) is 76.5 Å². The summed E-state index contributed by atoms with van der Waals surface area (Å²) >= 11 is 0. The topological polar surface area (TPSA) is 40.5 Å². The molecule has 0 aliphatic heterocycles. The highest BCUT2D eigenvalue weighted by atomic mass is 28.3. The normalized spacial score (nSPS) is 15.9. The Hall–Kier alpha value is 0.137. The zero-order valence-corrected chi connectivity index (χ0v) is 13.3. The van der Waals surface area contributed by atoms with Gasteiger partial charge in [0, 0.05) is 13.2 Å². The fourth-order valence-corrected chi connectivity index (χ4v) is 6.40. The minimum atomic E-state index is -1.23. The first-order valence-electron chi connectivity index (χ1n) is 7.15. The largest absolute Gasteiger partial charge is 0.396 e. The molecule has 0 aliphatic rings. The summed E-state index contributed by atoms with van der Waals surface area (Å²) in [5, 5.41) is 18.2. The molecule has 3 heteroatoms. The van der Waals surface area contributed by atoms with Crippen LogP contribution in [0.2, 0.25) is 23.7 Å². The Bertz CT molecular complexity index is 195. The molecule has 0 heterocycles. The molecule has 0 aromatic rings. The lowest BCUT2D eigenvalue weighted by molar-refractivity contribution is 0.279. The lowest BCUT2D eigenvalue weighted by Crippen LogP contribution is -2.41. The van der Waals surface area contributed by atoms with Crippen LogP contribution in [0, 0.1) is 0 Å². The first kappa shape index (κ1) is 17.1. The summed E-state index contributed by atoms with van der Waals surface area (Å²) in [6.45, 7) is 10.3. The zero-order chi connectivity index (χ0) is 13.4. The SMILES string of the molecule is CC[Si](C)(CCCCO)C(C)(C)CCCCO. The highest BCUT2D eigenvalue weighted by Gasteiger charge is 2.40. The van der Waals surface area contributed by atoms with Gasteiger partial charge in [-0.1, -0.05) is 58.7 Å². The third-order valence-corrected chi connectivity index (χ3v) is 11.3. The van der Waals surface area contributed by atoms with E-state index in [0.29, 0.717) is 18.3 Å². The number of unbranched alkanes of at least 4 members (excludes halogenated alkanes) is 2. The van der Waals surface area contributed by atoms with Crippen molar-refractivity contribution in [2.75, 3.05) is 13.2 Å². The van der Waals surface area contributed by atoms with Gasteiger partial charge in [-0.15, -0.1) is 0 Å². The summed E-state index contributed by atoms with van der Waals surface area (Å²) in [5.74, 6) is 0. The molecule has 0 bridgehead atoms. The van der Waals surface area contributed by atoms with Crippen molar-refractivity contribution in [3.8, 4) is 0 Å². The number of aliphatic hydroxyl groups excluding tert-OH is 2. The minimum Gasteiger partial charge on any atom is -0.396 e. The molecule has 0 aromatic carbocycles. The molecule has 0 aromatic heterocycles. The molecule has 0 spiro atoms. The standard InChI is InChI=1S/C14H32O2Si/c1-5-17(4,13-9-8-12-16)14(2,3)10-6-7-11-15/h15-16H,5-13H2,1-4H3. The van der Waals surface area contributed by atoms with E-state index in [0.717, 1.165) is 19.3 Å². The van der Waals surface area contributed by atoms with Gasteiger partial charge in [-0.05, 0) is 17.9 Å². The Morgan fingerprint density at radius 1 is 0.941 bits per heavy atom. The van der Waals surface area contributed by atoms with Gasteiger partial charge in [0.25, 0.3) is 0 Å². The zero-order valence-electron chi connectivity index (χ0n) is 12.3. The van der Waals surface area contributed by atoms with Gasteiger partial charge in [0.15, 0.2) is 0 Å². The predicted molar refractivity (Wildman–Crippen MR) is 78.2 cm³/mol. The molecule has 0 saturated heterocycles. The Labute approximate surface area is 108 Å². The molecule has 0 saturated carbocycles. The van der Waals surface area contributed by atoms with E-state index in [9.17, 15) is 0 Å². The second kappa shape index (κ2) is 8.28. The minimum absolute atomic E-state index is 0.324. The number of hydrogen-bond donors (Lipinski definition) is 2. The van der Waals surface area contributed by atoms with Crippen molar-refractivity contribution in [1.29, 1.82) is 0 Å². The van der Waals surface area contributed by atoms with Gasteiger partial charge >= 0.3 is 0 Å². The van der Waals surface area contributed by atoms with Crippen LogP contribution in [0.1, 0.15) is 52.9 Å². The van der Waals surface area contributed by atoms with Gasteiger partial charge in [-0.25, -0.2) is 0 Å². The van der Waals surface area contributed by atoms with E-state index < -0.39 is 8.07 Å². The van der Waals surface area contributed by atoms with E-state index in [-0.39, 0.29) is 0 Å². The fraction of sp³-hybridized carbons (Fsp3) is 1.00. The van der Waals surface area contributed by atoms with Crippen LogP contribution in [-0.4, -0.2) is 31.5 Å². The Morgan fingerprint density at radius 2 is 1.47 bits per heavy atom. The van der Waals surface area contributed by atoms with Crippen LogP contribution < -0.4 is 0 Å². The van der Waals surface area contributed by atoms with Crippen LogP contribution in [0.25, 0.3) is 0 Å². The lowest BCUT2D eigenvalue weighted by atomic mass is 10.1. The Balaban J connectivity index is 4.35. The molecule has 1 unspecified atom stereocenters. The van der Waals surface area contributed by atoms with Gasteiger partial charge in [0.1, 0.15) is 0 Å². The predicted octanol–water partition coefficient (Wildman–Crippen LogP) is 3.80. The van der Waals surface area contributed by atoms with Crippen molar-refractivity contribution in [2.24, 2.45) is 0 Å². The van der Waals surface area contributed by atoms with E-state index in [1.54, 1.807) is 0 Å². The van der Waals surface area contributed by atoms with Crippen molar-refractivity contribution in [1.82, 2.24) is 0 Å². The second-order valence-electron chi connectivity index (χ2n) is 6.16. The third kappa shape index (κ3) is 5.54. The van der Waals surface area contributed by atoms with E-state index in [4.69, 9.17) is 10.2 Å². The average molecular weight is 260 g/mol. The quantitative estimate of drug-likeness (QED) is 0.463. The van der Waals surface area contributed by atoms with Crippen molar-refractivity contribution >= 4 is 8.07 Å². The van der Waals surface area contributed by atoms with Crippen molar-refractivity contribution in [3.63, 3.8) is 0 Å². The molecule has 2 N–H and O–H groups in total. The molecule has 1 atom stereocenters. The molecule has 2 nitrogen and oxygen atoms in total. The maximum Gasteiger partial charge on any atom is 0.0558 e. The Kier molecular flexibility index (Phi) is 8.34. The molecule has 0 amide bonds. The van der Waals surface area contributed by atoms with E-state index in [1.165, 1.54) is 24.9 Å². The van der Waals surface area contributed by atoms with Crippen LogP contribution in [0.4, 0.5) is 0 Å². The summed E-state index contributed by atoms with van der Waals surface area (Å²) < 4.78 is 0. The van der Waals surface area contributed by atoms with Gasteiger partial charge in [-0.3, -0.25) is 0 Å². The van der Waals surface area contributed by atoms with Gasteiger partial charge < -0.3 is 10.2 Å². The first-order valence-corrected chi connectivity index (χ1v) is 10.1. The number of rotatable bonds is 10. The van der Waals surface area contributed by atoms with Gasteiger partial charge in [-0.2, -0.15) is 0 Å². The maximum atomic E-state index is 8.90.